The van der Waals surface area contributed by atoms with Crippen molar-refractivity contribution in [2.45, 2.75) is 63.7 Å². The molecule has 1 heterocycles. The topological polar surface area (TPSA) is 93.9 Å². The molecule has 0 radical (unpaired) electrons. The number of hydrogen-bond acceptors (Lipinski definition) is 6. The Morgan fingerprint density at radius 3 is 2.29 bits per heavy atom. The van der Waals surface area contributed by atoms with E-state index in [4.69, 9.17) is 9.15 Å². The predicted molar refractivity (Wildman–Crippen MR) is 134 cm³/mol. The molecule has 4 rings (SSSR count). The lowest BCUT2D eigenvalue weighted by atomic mass is 9.88. The molecule has 0 bridgehead atoms. The maximum atomic E-state index is 13.9. The number of amides is 1. The zero-order valence-corrected chi connectivity index (χ0v) is 21.4. The van der Waals surface area contributed by atoms with Gasteiger partial charge >= 0.3 is 5.97 Å². The number of ether oxygens (including phenoxy) is 1. The van der Waals surface area contributed by atoms with Gasteiger partial charge in [0.25, 0.3) is 10.0 Å². The Kier molecular flexibility index (Phi) is 7.03. The highest BCUT2D eigenvalue weighted by Gasteiger charge is 2.36. The number of esters is 1. The number of rotatable bonds is 6. The summed E-state index contributed by atoms with van der Waals surface area (Å²) in [6.07, 6.45) is 4.12. The van der Waals surface area contributed by atoms with E-state index >= 15 is 0 Å². The van der Waals surface area contributed by atoms with Crippen LogP contribution in [0.25, 0.3) is 11.0 Å². The summed E-state index contributed by atoms with van der Waals surface area (Å²) < 4.78 is 39.3. The first-order valence-electron chi connectivity index (χ1n) is 12.0. The van der Waals surface area contributed by atoms with Crippen molar-refractivity contribution in [3.8, 4) is 0 Å². The van der Waals surface area contributed by atoms with Gasteiger partial charge in [-0.2, -0.15) is 0 Å². The van der Waals surface area contributed by atoms with E-state index in [0.717, 1.165) is 29.1 Å². The van der Waals surface area contributed by atoms with Gasteiger partial charge in [0.05, 0.1) is 17.7 Å². The molecule has 0 N–H and O–H groups in total. The zero-order chi connectivity index (χ0) is 25.3. The lowest BCUT2D eigenvalue weighted by Crippen LogP contribution is -2.41. The minimum atomic E-state index is -4.21. The number of anilines is 1. The Hall–Kier alpha value is -3.13. The third-order valence-corrected chi connectivity index (χ3v) is 8.45. The number of benzene rings is 2. The Labute approximate surface area is 206 Å². The Bertz CT molecular complexity index is 1350. The second kappa shape index (κ2) is 9.85. The first kappa shape index (κ1) is 25.0. The molecule has 0 unspecified atom stereocenters. The Balaban J connectivity index is 1.87. The molecule has 0 atom stereocenters. The van der Waals surface area contributed by atoms with E-state index in [1.165, 1.54) is 13.2 Å². The van der Waals surface area contributed by atoms with Crippen LogP contribution in [0.1, 0.15) is 73.6 Å². The molecule has 8 heteroatoms. The van der Waals surface area contributed by atoms with Crippen molar-refractivity contribution >= 4 is 38.6 Å². The Morgan fingerprint density at radius 1 is 1.03 bits per heavy atom. The van der Waals surface area contributed by atoms with Gasteiger partial charge in [-0.05, 0) is 61.6 Å². The van der Waals surface area contributed by atoms with Crippen molar-refractivity contribution in [2.24, 2.45) is 5.92 Å². The maximum absolute atomic E-state index is 13.9. The number of nitrogens with zero attached hydrogens (tertiary/aromatic N) is 1. The first-order valence-corrected chi connectivity index (χ1v) is 13.4. The van der Waals surface area contributed by atoms with Crippen LogP contribution in [0.2, 0.25) is 0 Å². The monoisotopic (exact) mass is 497 g/mol. The molecule has 7 nitrogen and oxygen atoms in total. The largest absolute Gasteiger partial charge is 0.465 e. The van der Waals surface area contributed by atoms with E-state index in [9.17, 15) is 18.0 Å². The average molecular weight is 498 g/mol. The third kappa shape index (κ3) is 4.72. The molecule has 1 fully saturated rings. The number of furan rings is 1. The van der Waals surface area contributed by atoms with E-state index in [1.807, 2.05) is 13.8 Å². The van der Waals surface area contributed by atoms with Crippen LogP contribution in [0.3, 0.4) is 0 Å². The summed E-state index contributed by atoms with van der Waals surface area (Å²) in [5, 5.41) is 0.402. The molecule has 35 heavy (non-hydrogen) atoms. The van der Waals surface area contributed by atoms with Crippen molar-refractivity contribution in [1.82, 2.24) is 0 Å². The summed E-state index contributed by atoms with van der Waals surface area (Å²) in [7, 11) is -2.94. The molecule has 1 aromatic heterocycles. The normalized spacial score (nSPS) is 14.9. The molecule has 3 aromatic rings. The van der Waals surface area contributed by atoms with E-state index < -0.39 is 21.9 Å². The molecule has 0 spiro atoms. The summed E-state index contributed by atoms with van der Waals surface area (Å²) >= 11 is 0. The van der Waals surface area contributed by atoms with Crippen molar-refractivity contribution < 1.29 is 27.2 Å². The fourth-order valence-electron chi connectivity index (χ4n) is 4.72. The van der Waals surface area contributed by atoms with Gasteiger partial charge in [-0.3, -0.25) is 4.79 Å². The van der Waals surface area contributed by atoms with E-state index in [-0.39, 0.29) is 28.0 Å². The third-order valence-electron chi connectivity index (χ3n) is 6.71. The van der Waals surface area contributed by atoms with Crippen LogP contribution in [0.5, 0.6) is 0 Å². The first-order chi connectivity index (χ1) is 16.6. The summed E-state index contributed by atoms with van der Waals surface area (Å²) in [6.45, 7) is 5.71. The number of methoxy groups -OCH3 is 1. The minimum Gasteiger partial charge on any atom is -0.465 e. The summed E-state index contributed by atoms with van der Waals surface area (Å²) in [4.78, 5) is 26.2. The van der Waals surface area contributed by atoms with Crippen molar-refractivity contribution in [3.63, 3.8) is 0 Å². The van der Waals surface area contributed by atoms with Crippen molar-refractivity contribution in [1.29, 1.82) is 0 Å². The second-order valence-electron chi connectivity index (χ2n) is 9.37. The van der Waals surface area contributed by atoms with Crippen molar-refractivity contribution in [2.75, 3.05) is 11.4 Å². The maximum Gasteiger partial charge on any atom is 0.342 e. The van der Waals surface area contributed by atoms with Crippen LogP contribution in [0.4, 0.5) is 5.69 Å². The van der Waals surface area contributed by atoms with Crippen LogP contribution < -0.4 is 4.31 Å². The van der Waals surface area contributed by atoms with E-state index in [1.54, 1.807) is 43.3 Å². The zero-order valence-electron chi connectivity index (χ0n) is 20.5. The van der Waals surface area contributed by atoms with Gasteiger partial charge in [0.2, 0.25) is 5.91 Å². The SMILES string of the molecule is COC(=O)c1c(C)oc2ccc(N(C(=O)C3CCCCC3)S(=O)(=O)c3ccc(C(C)C)cc3)cc12. The fourth-order valence-corrected chi connectivity index (χ4v) is 6.19. The van der Waals surface area contributed by atoms with Crippen LogP contribution in [-0.2, 0) is 19.6 Å². The number of carbonyl (C=O) groups excluding carboxylic acids is 2. The highest BCUT2D eigenvalue weighted by atomic mass is 32.2. The van der Waals surface area contributed by atoms with Crippen molar-refractivity contribution in [3.05, 3.63) is 59.4 Å². The summed E-state index contributed by atoms with van der Waals surface area (Å²) in [6, 6.07) is 11.3. The summed E-state index contributed by atoms with van der Waals surface area (Å²) in [5.41, 5.74) is 1.81. The number of fused-ring (bicyclic) bond motifs is 1. The molecule has 0 aliphatic heterocycles. The predicted octanol–water partition coefficient (Wildman–Crippen LogP) is 5.95. The fraction of sp³-hybridized carbons (Fsp3) is 0.407. The lowest BCUT2D eigenvalue weighted by Gasteiger charge is -2.29. The highest BCUT2D eigenvalue weighted by molar-refractivity contribution is 7.93. The second-order valence-corrected chi connectivity index (χ2v) is 11.2. The van der Waals surface area contributed by atoms with E-state index in [2.05, 4.69) is 0 Å². The number of hydrogen-bond donors (Lipinski definition) is 0. The van der Waals surface area contributed by atoms with Gasteiger partial charge in [-0.25, -0.2) is 17.5 Å². The molecule has 0 saturated heterocycles. The molecule has 1 amide bonds. The molecule has 1 aliphatic rings. The van der Waals surface area contributed by atoms with Crippen LogP contribution in [0.15, 0.2) is 51.8 Å². The van der Waals surface area contributed by atoms with Gasteiger partial charge < -0.3 is 9.15 Å². The van der Waals surface area contributed by atoms with Crippen LogP contribution >= 0.6 is 0 Å². The van der Waals surface area contributed by atoms with Gasteiger partial charge in [0, 0.05) is 11.3 Å². The van der Waals surface area contributed by atoms with Gasteiger partial charge in [-0.15, -0.1) is 0 Å². The quantitative estimate of drug-likeness (QED) is 0.391. The van der Waals surface area contributed by atoms with Gasteiger partial charge in [-0.1, -0.05) is 45.2 Å². The van der Waals surface area contributed by atoms with E-state index in [0.29, 0.717) is 29.6 Å². The van der Waals surface area contributed by atoms with Crippen LogP contribution in [-0.4, -0.2) is 27.4 Å². The smallest absolute Gasteiger partial charge is 0.342 e. The molecule has 2 aromatic carbocycles. The minimum absolute atomic E-state index is 0.0442. The Morgan fingerprint density at radius 2 is 1.69 bits per heavy atom. The molecule has 1 saturated carbocycles. The van der Waals surface area contributed by atoms with Crippen LogP contribution in [0, 0.1) is 12.8 Å². The molecule has 186 valence electrons. The lowest BCUT2D eigenvalue weighted by molar-refractivity contribution is -0.122. The molecular formula is C27H31NO6S. The average Bonchev–Trinajstić information content (AvgIpc) is 3.19. The molecular weight excluding hydrogens is 466 g/mol. The number of carbonyl (C=O) groups is 2. The number of sulfonamides is 1. The molecule has 1 aliphatic carbocycles. The summed E-state index contributed by atoms with van der Waals surface area (Å²) in [5.74, 6) is -0.806. The van der Waals surface area contributed by atoms with Gasteiger partial charge in [0.1, 0.15) is 16.9 Å². The highest BCUT2D eigenvalue weighted by Crippen LogP contribution is 2.35. The standard InChI is InChI=1S/C27H31NO6S/c1-17(2)19-10-13-22(14-11-19)35(31,32)28(26(29)20-8-6-5-7-9-20)21-12-15-24-23(16-21)25(18(3)34-24)27(30)33-4/h10-17,20H,5-9H2,1-4H3. The van der Waals surface area contributed by atoms with Gasteiger partial charge in [0.15, 0.2) is 0 Å². The number of aryl methyl sites for hydroxylation is 1.